The summed E-state index contributed by atoms with van der Waals surface area (Å²) in [5.74, 6) is -0.283. The maximum absolute atomic E-state index is 12.0. The van der Waals surface area contributed by atoms with Gasteiger partial charge in [0.1, 0.15) is 5.75 Å². The normalized spacial score (nSPS) is 12.3. The largest absolute Gasteiger partial charge is 0.507 e. The van der Waals surface area contributed by atoms with Crippen LogP contribution in [-0.2, 0) is 5.41 Å². The van der Waals surface area contributed by atoms with Crippen molar-refractivity contribution >= 4 is 11.6 Å². The molecule has 0 saturated carbocycles. The van der Waals surface area contributed by atoms with E-state index in [1.807, 2.05) is 20.8 Å². The Hall–Kier alpha value is -2.63. The maximum atomic E-state index is 12.0. The minimum Gasteiger partial charge on any atom is -0.507 e. The van der Waals surface area contributed by atoms with Crippen LogP contribution in [0.5, 0.6) is 5.75 Å². The van der Waals surface area contributed by atoms with Gasteiger partial charge in [0.25, 0.3) is 5.91 Å². The average molecular weight is 300 g/mol. The van der Waals surface area contributed by atoms with Crippen LogP contribution < -0.4 is 5.43 Å². The van der Waals surface area contributed by atoms with Gasteiger partial charge in [0.15, 0.2) is 5.69 Å². The monoisotopic (exact) mass is 300 g/mol. The van der Waals surface area contributed by atoms with Crippen LogP contribution >= 0.6 is 0 Å². The van der Waals surface area contributed by atoms with Crippen molar-refractivity contribution in [2.24, 2.45) is 5.10 Å². The third-order valence-electron chi connectivity index (χ3n) is 3.24. The quantitative estimate of drug-likeness (QED) is 0.601. The summed E-state index contributed by atoms with van der Waals surface area (Å²) >= 11 is 0. The molecule has 0 saturated heterocycles. The Kier molecular flexibility index (Phi) is 4.30. The van der Waals surface area contributed by atoms with Crippen LogP contribution in [0.2, 0.25) is 0 Å². The van der Waals surface area contributed by atoms with Gasteiger partial charge >= 0.3 is 0 Å². The molecule has 0 fully saturated rings. The SMILES string of the molecule is CC(=NNC(=O)c1cc(C(C)(C)C)[nH]n1)c1ccccc1O. The lowest BCUT2D eigenvalue weighted by atomic mass is 9.92. The molecule has 1 amide bonds. The number of hydrogen-bond acceptors (Lipinski definition) is 4. The lowest BCUT2D eigenvalue weighted by Gasteiger charge is -2.14. The van der Waals surface area contributed by atoms with Crippen molar-refractivity contribution in [1.82, 2.24) is 15.6 Å². The summed E-state index contributed by atoms with van der Waals surface area (Å²) in [7, 11) is 0. The highest BCUT2D eigenvalue weighted by Gasteiger charge is 2.19. The summed E-state index contributed by atoms with van der Waals surface area (Å²) in [5.41, 5.74) is 4.57. The van der Waals surface area contributed by atoms with E-state index < -0.39 is 5.91 Å². The Bertz CT molecular complexity index is 711. The summed E-state index contributed by atoms with van der Waals surface area (Å²) < 4.78 is 0. The van der Waals surface area contributed by atoms with Crippen LogP contribution in [0.1, 0.15) is 49.4 Å². The summed E-state index contributed by atoms with van der Waals surface area (Å²) in [4.78, 5) is 12.0. The van der Waals surface area contributed by atoms with Crippen LogP contribution in [0, 0.1) is 0 Å². The molecule has 0 aliphatic heterocycles. The van der Waals surface area contributed by atoms with Gasteiger partial charge in [0.05, 0.1) is 5.71 Å². The molecule has 1 heterocycles. The second kappa shape index (κ2) is 6.01. The number of nitrogens with one attached hydrogen (secondary N) is 2. The topological polar surface area (TPSA) is 90.4 Å². The fourth-order valence-electron chi connectivity index (χ4n) is 1.85. The van der Waals surface area contributed by atoms with E-state index in [9.17, 15) is 9.90 Å². The van der Waals surface area contributed by atoms with Gasteiger partial charge in [-0.3, -0.25) is 9.89 Å². The van der Waals surface area contributed by atoms with Crippen molar-refractivity contribution in [2.45, 2.75) is 33.1 Å². The molecule has 1 aromatic carbocycles. The number of rotatable bonds is 3. The number of phenolic OH excluding ortho intramolecular Hbond substituents is 1. The molecule has 2 rings (SSSR count). The summed E-state index contributed by atoms with van der Waals surface area (Å²) in [6.07, 6.45) is 0. The van der Waals surface area contributed by atoms with Gasteiger partial charge in [-0.2, -0.15) is 10.2 Å². The Balaban J connectivity index is 2.11. The van der Waals surface area contributed by atoms with Crippen LogP contribution in [0.3, 0.4) is 0 Å². The zero-order valence-electron chi connectivity index (χ0n) is 13.1. The fourth-order valence-corrected chi connectivity index (χ4v) is 1.85. The molecule has 1 aromatic heterocycles. The summed E-state index contributed by atoms with van der Waals surface area (Å²) in [6, 6.07) is 8.52. The number of para-hydroxylation sites is 1. The van der Waals surface area contributed by atoms with E-state index in [0.29, 0.717) is 11.3 Å². The van der Waals surface area contributed by atoms with Gasteiger partial charge in [-0.25, -0.2) is 5.43 Å². The van der Waals surface area contributed by atoms with E-state index in [-0.39, 0.29) is 16.9 Å². The first-order chi connectivity index (χ1) is 10.3. The van der Waals surface area contributed by atoms with E-state index in [0.717, 1.165) is 5.69 Å². The molecule has 6 heteroatoms. The minimum atomic E-state index is -0.401. The number of nitrogens with zero attached hydrogens (tertiary/aromatic N) is 2. The number of aromatic nitrogens is 2. The number of phenols is 1. The third-order valence-corrected chi connectivity index (χ3v) is 3.24. The van der Waals surface area contributed by atoms with E-state index in [2.05, 4.69) is 20.7 Å². The van der Waals surface area contributed by atoms with Crippen molar-refractivity contribution in [2.75, 3.05) is 0 Å². The minimum absolute atomic E-state index is 0.111. The molecular formula is C16H20N4O2. The highest BCUT2D eigenvalue weighted by atomic mass is 16.3. The number of H-pyrrole nitrogens is 1. The molecule has 0 aliphatic rings. The van der Waals surface area contributed by atoms with Crippen LogP contribution in [-0.4, -0.2) is 26.9 Å². The van der Waals surface area contributed by atoms with E-state index in [1.54, 1.807) is 37.3 Å². The lowest BCUT2D eigenvalue weighted by Crippen LogP contribution is -2.19. The predicted molar refractivity (Wildman–Crippen MR) is 85.1 cm³/mol. The first-order valence-corrected chi connectivity index (χ1v) is 6.98. The Morgan fingerprint density at radius 2 is 2.00 bits per heavy atom. The number of amides is 1. The van der Waals surface area contributed by atoms with Gasteiger partial charge in [0, 0.05) is 16.7 Å². The number of aromatic hydroxyl groups is 1. The van der Waals surface area contributed by atoms with Gasteiger partial charge in [-0.05, 0) is 25.1 Å². The summed E-state index contributed by atoms with van der Waals surface area (Å²) in [5, 5.41) is 20.6. The Morgan fingerprint density at radius 3 is 2.59 bits per heavy atom. The molecule has 22 heavy (non-hydrogen) atoms. The van der Waals surface area contributed by atoms with Gasteiger partial charge in [0.2, 0.25) is 0 Å². The standard InChI is InChI=1S/C16H20N4O2/c1-10(11-7-5-6-8-13(11)21)17-20-15(22)12-9-14(19-18-12)16(2,3)4/h5-9,21H,1-4H3,(H,18,19)(H,20,22). The zero-order chi connectivity index (χ0) is 16.3. The number of carbonyl (C=O) groups is 1. The second-order valence-electron chi connectivity index (χ2n) is 6.07. The van der Waals surface area contributed by atoms with Crippen molar-refractivity contribution in [1.29, 1.82) is 0 Å². The predicted octanol–water partition coefficient (Wildman–Crippen LogP) is 2.57. The number of hydrazone groups is 1. The van der Waals surface area contributed by atoms with Gasteiger partial charge in [-0.15, -0.1) is 0 Å². The van der Waals surface area contributed by atoms with E-state index >= 15 is 0 Å². The maximum Gasteiger partial charge on any atom is 0.291 e. The molecule has 0 radical (unpaired) electrons. The molecule has 2 aromatic rings. The number of aromatic amines is 1. The molecule has 0 unspecified atom stereocenters. The molecular weight excluding hydrogens is 280 g/mol. The van der Waals surface area contributed by atoms with E-state index in [1.165, 1.54) is 0 Å². The molecule has 116 valence electrons. The van der Waals surface area contributed by atoms with Crippen LogP contribution in [0.4, 0.5) is 0 Å². The molecule has 0 spiro atoms. The van der Waals surface area contributed by atoms with Crippen molar-refractivity contribution in [3.05, 3.63) is 47.3 Å². The first kappa shape index (κ1) is 15.8. The average Bonchev–Trinajstić information content (AvgIpc) is 2.95. The fraction of sp³-hybridized carbons (Fsp3) is 0.312. The van der Waals surface area contributed by atoms with Crippen molar-refractivity contribution < 1.29 is 9.90 Å². The molecule has 0 bridgehead atoms. The number of carbonyl (C=O) groups excluding carboxylic acids is 1. The lowest BCUT2D eigenvalue weighted by molar-refractivity contribution is 0.0950. The molecule has 0 atom stereocenters. The van der Waals surface area contributed by atoms with Gasteiger partial charge < -0.3 is 5.11 Å². The van der Waals surface area contributed by atoms with Crippen LogP contribution in [0.25, 0.3) is 0 Å². The number of hydrogen-bond donors (Lipinski definition) is 3. The Morgan fingerprint density at radius 1 is 1.32 bits per heavy atom. The van der Waals surface area contributed by atoms with Crippen LogP contribution in [0.15, 0.2) is 35.4 Å². The van der Waals surface area contributed by atoms with Crippen molar-refractivity contribution in [3.63, 3.8) is 0 Å². The highest BCUT2D eigenvalue weighted by Crippen LogP contribution is 2.20. The van der Waals surface area contributed by atoms with Crippen molar-refractivity contribution in [3.8, 4) is 5.75 Å². The van der Waals surface area contributed by atoms with E-state index in [4.69, 9.17) is 0 Å². The molecule has 3 N–H and O–H groups in total. The molecule has 0 aliphatic carbocycles. The van der Waals surface area contributed by atoms with Gasteiger partial charge in [-0.1, -0.05) is 32.9 Å². The number of benzene rings is 1. The third kappa shape index (κ3) is 3.52. The second-order valence-corrected chi connectivity index (χ2v) is 6.07. The zero-order valence-corrected chi connectivity index (χ0v) is 13.1. The smallest absolute Gasteiger partial charge is 0.291 e. The highest BCUT2D eigenvalue weighted by molar-refractivity contribution is 6.02. The Labute approximate surface area is 129 Å². The molecule has 6 nitrogen and oxygen atoms in total. The summed E-state index contributed by atoms with van der Waals surface area (Å²) in [6.45, 7) is 7.80. The first-order valence-electron chi connectivity index (χ1n) is 6.98.